The lowest BCUT2D eigenvalue weighted by Gasteiger charge is -2.24. The van der Waals surface area contributed by atoms with Crippen LogP contribution in [-0.2, 0) is 14.8 Å². The molecule has 0 atom stereocenters. The molecule has 0 aromatic heterocycles. The molecule has 1 aliphatic rings. The second-order valence-electron chi connectivity index (χ2n) is 6.92. The van der Waals surface area contributed by atoms with Gasteiger partial charge in [0.25, 0.3) is 15.9 Å². The van der Waals surface area contributed by atoms with E-state index in [4.69, 9.17) is 16.3 Å². The number of ether oxygens (including phenoxy) is 1. The molecule has 0 heterocycles. The molecular formula is C21H24ClN3O4S. The van der Waals surface area contributed by atoms with Crippen molar-refractivity contribution in [1.82, 2.24) is 5.43 Å². The molecule has 1 aliphatic carbocycles. The van der Waals surface area contributed by atoms with E-state index in [1.807, 2.05) is 0 Å². The highest BCUT2D eigenvalue weighted by molar-refractivity contribution is 7.92. The maximum Gasteiger partial charge on any atom is 0.264 e. The topological polar surface area (TPSA) is 88.1 Å². The molecule has 0 radical (unpaired) electrons. The number of hydrazone groups is 1. The van der Waals surface area contributed by atoms with Crippen LogP contribution in [-0.4, -0.2) is 33.7 Å². The van der Waals surface area contributed by atoms with Gasteiger partial charge in [-0.2, -0.15) is 5.10 Å². The van der Waals surface area contributed by atoms with Crippen molar-refractivity contribution in [3.8, 4) is 5.75 Å². The lowest BCUT2D eigenvalue weighted by Crippen LogP contribution is -2.39. The zero-order chi connectivity index (χ0) is 21.6. The third-order valence-corrected chi connectivity index (χ3v) is 6.89. The maximum absolute atomic E-state index is 13.3. The van der Waals surface area contributed by atoms with Crippen LogP contribution in [0.15, 0.2) is 58.5 Å². The van der Waals surface area contributed by atoms with Gasteiger partial charge in [-0.3, -0.25) is 9.10 Å². The van der Waals surface area contributed by atoms with Crippen LogP contribution < -0.4 is 14.5 Å². The Hall–Kier alpha value is -2.58. The number of carbonyl (C=O) groups excluding carboxylic acids is 1. The summed E-state index contributed by atoms with van der Waals surface area (Å²) in [6, 6.07) is 12.5. The number of rotatable bonds is 7. The summed E-state index contributed by atoms with van der Waals surface area (Å²) in [5, 5.41) is 4.42. The molecule has 30 heavy (non-hydrogen) atoms. The molecule has 0 aliphatic heterocycles. The lowest BCUT2D eigenvalue weighted by atomic mass is 9.99. The van der Waals surface area contributed by atoms with Crippen LogP contribution in [0.3, 0.4) is 0 Å². The van der Waals surface area contributed by atoms with Crippen molar-refractivity contribution in [3.63, 3.8) is 0 Å². The zero-order valence-corrected chi connectivity index (χ0v) is 18.2. The van der Waals surface area contributed by atoms with Crippen LogP contribution >= 0.6 is 11.6 Å². The number of carbonyl (C=O) groups is 1. The standard InChI is InChI=1S/C21H24ClN3O4S/c1-29-20-13-12-17(14-19(20)22)25(30(27,28)18-10-6-3-7-11-18)15-21(26)24-23-16-8-4-2-5-9-16/h3,6-7,10-14H,2,4-5,8-9,15H2,1H3,(H,24,26). The van der Waals surface area contributed by atoms with E-state index in [1.54, 1.807) is 30.3 Å². The van der Waals surface area contributed by atoms with Crippen LogP contribution in [0.25, 0.3) is 0 Å². The van der Waals surface area contributed by atoms with E-state index in [1.165, 1.54) is 25.3 Å². The Balaban J connectivity index is 1.89. The van der Waals surface area contributed by atoms with Gasteiger partial charge in [-0.15, -0.1) is 0 Å². The first-order valence-electron chi connectivity index (χ1n) is 9.67. The fourth-order valence-corrected chi connectivity index (χ4v) is 4.91. The largest absolute Gasteiger partial charge is 0.495 e. The Morgan fingerprint density at radius 3 is 2.47 bits per heavy atom. The lowest BCUT2D eigenvalue weighted by molar-refractivity contribution is -0.119. The number of methoxy groups -OCH3 is 1. The van der Waals surface area contributed by atoms with E-state index < -0.39 is 22.5 Å². The van der Waals surface area contributed by atoms with E-state index >= 15 is 0 Å². The van der Waals surface area contributed by atoms with Crippen molar-refractivity contribution < 1.29 is 17.9 Å². The van der Waals surface area contributed by atoms with Crippen molar-refractivity contribution in [1.29, 1.82) is 0 Å². The van der Waals surface area contributed by atoms with E-state index in [-0.39, 0.29) is 15.6 Å². The van der Waals surface area contributed by atoms with E-state index in [0.717, 1.165) is 42.1 Å². The molecule has 1 fully saturated rings. The molecule has 2 aromatic rings. The van der Waals surface area contributed by atoms with Gasteiger partial charge in [0.1, 0.15) is 12.3 Å². The van der Waals surface area contributed by atoms with Gasteiger partial charge in [-0.25, -0.2) is 13.8 Å². The van der Waals surface area contributed by atoms with Crippen LogP contribution in [0.5, 0.6) is 5.75 Å². The van der Waals surface area contributed by atoms with Crippen LogP contribution in [0.1, 0.15) is 32.1 Å². The molecule has 2 aromatic carbocycles. The van der Waals surface area contributed by atoms with Gasteiger partial charge in [0.15, 0.2) is 0 Å². The van der Waals surface area contributed by atoms with Crippen LogP contribution in [0, 0.1) is 0 Å². The first-order chi connectivity index (χ1) is 14.4. The van der Waals surface area contributed by atoms with Gasteiger partial charge >= 0.3 is 0 Å². The summed E-state index contributed by atoms with van der Waals surface area (Å²) in [5.41, 5.74) is 3.68. The summed E-state index contributed by atoms with van der Waals surface area (Å²) in [6.07, 6.45) is 4.95. The Morgan fingerprint density at radius 1 is 1.13 bits per heavy atom. The van der Waals surface area contributed by atoms with Gasteiger partial charge in [0, 0.05) is 5.71 Å². The highest BCUT2D eigenvalue weighted by Crippen LogP contribution is 2.31. The quantitative estimate of drug-likeness (QED) is 0.647. The monoisotopic (exact) mass is 449 g/mol. The highest BCUT2D eigenvalue weighted by Gasteiger charge is 2.27. The van der Waals surface area contributed by atoms with Crippen molar-refractivity contribution in [2.45, 2.75) is 37.0 Å². The van der Waals surface area contributed by atoms with Gasteiger partial charge < -0.3 is 4.74 Å². The second-order valence-corrected chi connectivity index (χ2v) is 9.19. The molecule has 0 spiro atoms. The normalized spacial score (nSPS) is 14.1. The number of anilines is 1. The molecule has 1 saturated carbocycles. The summed E-state index contributed by atoms with van der Waals surface area (Å²) >= 11 is 6.20. The maximum atomic E-state index is 13.3. The predicted molar refractivity (Wildman–Crippen MR) is 118 cm³/mol. The van der Waals surface area contributed by atoms with Gasteiger partial charge in [0.05, 0.1) is 22.7 Å². The number of hydrogen-bond donors (Lipinski definition) is 1. The summed E-state index contributed by atoms with van der Waals surface area (Å²) in [6.45, 7) is -0.434. The summed E-state index contributed by atoms with van der Waals surface area (Å²) in [4.78, 5) is 12.6. The van der Waals surface area contributed by atoms with Gasteiger partial charge in [0.2, 0.25) is 0 Å². The van der Waals surface area contributed by atoms with Gasteiger partial charge in [-0.05, 0) is 56.0 Å². The SMILES string of the molecule is COc1ccc(N(CC(=O)NN=C2CCCCC2)S(=O)(=O)c2ccccc2)cc1Cl. The molecule has 3 rings (SSSR count). The van der Waals surface area contributed by atoms with Gasteiger partial charge in [-0.1, -0.05) is 36.2 Å². The summed E-state index contributed by atoms with van der Waals surface area (Å²) in [5.74, 6) is -0.120. The second kappa shape index (κ2) is 9.95. The van der Waals surface area contributed by atoms with Crippen molar-refractivity contribution in [2.75, 3.05) is 18.0 Å². The molecule has 1 N–H and O–H groups in total. The average Bonchev–Trinajstić information content (AvgIpc) is 2.77. The van der Waals surface area contributed by atoms with E-state index in [2.05, 4.69) is 10.5 Å². The molecule has 0 saturated heterocycles. The molecule has 0 unspecified atom stereocenters. The van der Waals surface area contributed by atoms with Crippen molar-refractivity contribution in [2.24, 2.45) is 5.10 Å². The highest BCUT2D eigenvalue weighted by atomic mass is 35.5. The minimum absolute atomic E-state index is 0.0725. The molecule has 7 nitrogen and oxygen atoms in total. The molecule has 1 amide bonds. The third-order valence-electron chi connectivity index (χ3n) is 4.81. The smallest absolute Gasteiger partial charge is 0.264 e. The zero-order valence-electron chi connectivity index (χ0n) is 16.7. The van der Waals surface area contributed by atoms with E-state index in [0.29, 0.717) is 5.75 Å². The van der Waals surface area contributed by atoms with E-state index in [9.17, 15) is 13.2 Å². The summed E-state index contributed by atoms with van der Waals surface area (Å²) in [7, 11) is -2.53. The number of nitrogens with zero attached hydrogens (tertiary/aromatic N) is 2. The number of hydrogen-bond acceptors (Lipinski definition) is 5. The Morgan fingerprint density at radius 2 is 1.83 bits per heavy atom. The molecule has 9 heteroatoms. The number of benzene rings is 2. The summed E-state index contributed by atoms with van der Waals surface area (Å²) < 4.78 is 32.7. The predicted octanol–water partition coefficient (Wildman–Crippen LogP) is 3.98. The minimum atomic E-state index is -4.00. The third kappa shape index (κ3) is 5.31. The number of halogens is 1. The Bertz CT molecular complexity index is 1020. The fourth-order valence-electron chi connectivity index (χ4n) is 3.22. The molecule has 0 bridgehead atoms. The Labute approximate surface area is 181 Å². The van der Waals surface area contributed by atoms with Crippen molar-refractivity contribution in [3.05, 3.63) is 53.6 Å². The minimum Gasteiger partial charge on any atom is -0.495 e. The number of amides is 1. The average molecular weight is 450 g/mol. The van der Waals surface area contributed by atoms with Crippen molar-refractivity contribution >= 4 is 38.9 Å². The fraction of sp³-hybridized carbons (Fsp3) is 0.333. The number of nitrogens with one attached hydrogen (secondary N) is 1. The molecule has 160 valence electrons. The number of sulfonamides is 1. The van der Waals surface area contributed by atoms with Crippen LogP contribution in [0.4, 0.5) is 5.69 Å². The van der Waals surface area contributed by atoms with Crippen LogP contribution in [0.2, 0.25) is 5.02 Å². The Kier molecular flexibility index (Phi) is 7.33. The first kappa shape index (κ1) is 22.1. The first-order valence-corrected chi connectivity index (χ1v) is 11.5. The molecular weight excluding hydrogens is 426 g/mol.